The van der Waals surface area contributed by atoms with Crippen molar-refractivity contribution < 1.29 is 13.9 Å². The fourth-order valence-electron chi connectivity index (χ4n) is 4.05. The number of amides is 1. The summed E-state index contributed by atoms with van der Waals surface area (Å²) >= 11 is 0. The quantitative estimate of drug-likeness (QED) is 0.380. The van der Waals surface area contributed by atoms with Crippen molar-refractivity contribution in [1.82, 2.24) is 10.3 Å². The fraction of sp³-hybridized carbons (Fsp3) is 0.269. The Kier molecular flexibility index (Phi) is 5.85. The van der Waals surface area contributed by atoms with Gasteiger partial charge in [0.15, 0.2) is 0 Å². The molecule has 0 saturated heterocycles. The highest BCUT2D eigenvalue weighted by Gasteiger charge is 2.17. The van der Waals surface area contributed by atoms with Gasteiger partial charge in [-0.1, -0.05) is 18.2 Å². The van der Waals surface area contributed by atoms with Crippen LogP contribution in [0.15, 0.2) is 53.3 Å². The predicted octanol–water partition coefficient (Wildman–Crippen LogP) is 5.69. The monoisotopic (exact) mass is 416 g/mol. The Morgan fingerprint density at radius 2 is 2.03 bits per heavy atom. The summed E-state index contributed by atoms with van der Waals surface area (Å²) in [4.78, 5) is 15.9. The summed E-state index contributed by atoms with van der Waals surface area (Å²) in [6.07, 6.45) is 6.19. The van der Waals surface area contributed by atoms with E-state index in [9.17, 15) is 4.79 Å². The van der Waals surface area contributed by atoms with Gasteiger partial charge in [0.25, 0.3) is 0 Å². The number of rotatable bonds is 7. The number of nitrogens with one attached hydrogen (secondary N) is 2. The van der Waals surface area contributed by atoms with Crippen molar-refractivity contribution in [3.05, 3.63) is 71.1 Å². The minimum atomic E-state index is -0.110. The fourth-order valence-corrected chi connectivity index (χ4v) is 4.05. The average Bonchev–Trinajstić information content (AvgIpc) is 3.34. The van der Waals surface area contributed by atoms with Crippen molar-refractivity contribution >= 4 is 33.4 Å². The number of furan rings is 1. The zero-order valence-electron chi connectivity index (χ0n) is 18.5. The smallest absolute Gasteiger partial charge is 0.244 e. The summed E-state index contributed by atoms with van der Waals surface area (Å²) in [5.41, 5.74) is 6.95. The Morgan fingerprint density at radius 1 is 1.23 bits per heavy atom. The molecule has 0 fully saturated rings. The summed E-state index contributed by atoms with van der Waals surface area (Å²) in [6, 6.07) is 10.2. The highest BCUT2D eigenvalue weighted by molar-refractivity contribution is 5.98. The standard InChI is InChI=1S/C26H28N2O3/c1-5-30-25-18(4)26-22(17(3)15-31-26)13-21(25)16(2)12-24(29)27-11-10-19-14-28-23-9-7-6-8-20(19)23/h6-9,12-15,28H,5,10-11H2,1-4H3,(H,27,29)/b16-12+. The van der Waals surface area contributed by atoms with Gasteiger partial charge in [0.1, 0.15) is 11.3 Å². The van der Waals surface area contributed by atoms with E-state index >= 15 is 0 Å². The molecule has 0 aliphatic carbocycles. The van der Waals surface area contributed by atoms with E-state index in [1.165, 1.54) is 10.9 Å². The van der Waals surface area contributed by atoms with Gasteiger partial charge >= 0.3 is 0 Å². The molecule has 2 aromatic heterocycles. The first-order valence-electron chi connectivity index (χ1n) is 10.6. The van der Waals surface area contributed by atoms with E-state index in [4.69, 9.17) is 9.15 Å². The zero-order chi connectivity index (χ0) is 22.0. The Balaban J connectivity index is 1.51. The predicted molar refractivity (Wildman–Crippen MR) is 126 cm³/mol. The second kappa shape index (κ2) is 8.72. The molecule has 0 radical (unpaired) electrons. The topological polar surface area (TPSA) is 67.3 Å². The van der Waals surface area contributed by atoms with E-state index in [1.807, 2.05) is 46.0 Å². The Hall–Kier alpha value is -3.47. The first-order valence-corrected chi connectivity index (χ1v) is 10.6. The number of ether oxygens (including phenoxy) is 1. The number of carbonyl (C=O) groups is 1. The van der Waals surface area contributed by atoms with E-state index in [0.717, 1.165) is 50.9 Å². The number of benzene rings is 2. The largest absolute Gasteiger partial charge is 0.493 e. The molecule has 160 valence electrons. The van der Waals surface area contributed by atoms with Crippen LogP contribution in [0.5, 0.6) is 5.75 Å². The van der Waals surface area contributed by atoms with Crippen LogP contribution < -0.4 is 10.1 Å². The molecule has 0 atom stereocenters. The first-order chi connectivity index (χ1) is 15.0. The molecular weight excluding hydrogens is 388 g/mol. The molecule has 2 heterocycles. The van der Waals surface area contributed by atoms with E-state index in [2.05, 4.69) is 28.5 Å². The lowest BCUT2D eigenvalue weighted by Crippen LogP contribution is -2.23. The van der Waals surface area contributed by atoms with Crippen molar-refractivity contribution in [1.29, 1.82) is 0 Å². The third-order valence-corrected chi connectivity index (χ3v) is 5.67. The normalized spacial score (nSPS) is 11.9. The number of fused-ring (bicyclic) bond motifs is 2. The maximum absolute atomic E-state index is 12.6. The van der Waals surface area contributed by atoms with Gasteiger partial charge < -0.3 is 19.5 Å². The molecule has 2 aromatic carbocycles. The molecule has 0 aliphatic rings. The van der Waals surface area contributed by atoms with Crippen molar-refractivity contribution in [2.75, 3.05) is 13.2 Å². The lowest BCUT2D eigenvalue weighted by atomic mass is 9.98. The van der Waals surface area contributed by atoms with Gasteiger partial charge in [-0.05, 0) is 62.9 Å². The minimum Gasteiger partial charge on any atom is -0.493 e. The number of para-hydroxylation sites is 1. The van der Waals surface area contributed by atoms with Crippen molar-refractivity contribution in [2.45, 2.75) is 34.1 Å². The molecule has 5 nitrogen and oxygen atoms in total. The molecule has 0 unspecified atom stereocenters. The minimum absolute atomic E-state index is 0.110. The summed E-state index contributed by atoms with van der Waals surface area (Å²) in [7, 11) is 0. The molecule has 5 heteroatoms. The number of hydrogen-bond acceptors (Lipinski definition) is 3. The maximum atomic E-state index is 12.6. The van der Waals surface area contributed by atoms with Gasteiger partial charge in [-0.3, -0.25) is 4.79 Å². The molecule has 31 heavy (non-hydrogen) atoms. The van der Waals surface area contributed by atoms with Gasteiger partial charge in [-0.15, -0.1) is 0 Å². The van der Waals surface area contributed by atoms with Gasteiger partial charge in [0.2, 0.25) is 5.91 Å². The molecule has 0 spiro atoms. The summed E-state index contributed by atoms with van der Waals surface area (Å²) in [5, 5.41) is 5.25. The second-order valence-electron chi connectivity index (χ2n) is 7.83. The van der Waals surface area contributed by atoms with Gasteiger partial charge in [0.05, 0.1) is 12.9 Å². The molecule has 4 rings (SSSR count). The average molecular weight is 417 g/mol. The van der Waals surface area contributed by atoms with Crippen molar-refractivity contribution in [3.63, 3.8) is 0 Å². The third-order valence-electron chi connectivity index (χ3n) is 5.67. The number of H-pyrrole nitrogens is 1. The molecule has 0 saturated carbocycles. The zero-order valence-corrected chi connectivity index (χ0v) is 18.5. The van der Waals surface area contributed by atoms with Crippen LogP contribution in [0.3, 0.4) is 0 Å². The Labute approximate surface area is 182 Å². The Bertz CT molecular complexity index is 1280. The highest BCUT2D eigenvalue weighted by atomic mass is 16.5. The lowest BCUT2D eigenvalue weighted by molar-refractivity contribution is -0.116. The highest BCUT2D eigenvalue weighted by Crippen LogP contribution is 2.37. The van der Waals surface area contributed by atoms with E-state index in [1.54, 1.807) is 12.3 Å². The number of aryl methyl sites for hydroxylation is 2. The molecule has 2 N–H and O–H groups in total. The lowest BCUT2D eigenvalue weighted by Gasteiger charge is -2.14. The SMILES string of the molecule is CCOc1c(/C(C)=C/C(=O)NCCc2c[nH]c3ccccc23)cc2c(C)coc2c1C. The number of carbonyl (C=O) groups excluding carboxylic acids is 1. The van der Waals surface area contributed by atoms with Crippen LogP contribution in [0.1, 0.15) is 36.1 Å². The summed E-state index contributed by atoms with van der Waals surface area (Å²) in [5.74, 6) is 0.658. The van der Waals surface area contributed by atoms with E-state index in [-0.39, 0.29) is 5.91 Å². The van der Waals surface area contributed by atoms with E-state index in [0.29, 0.717) is 13.2 Å². The van der Waals surface area contributed by atoms with Crippen molar-refractivity contribution in [2.24, 2.45) is 0 Å². The molecule has 0 aliphatic heterocycles. The second-order valence-corrected chi connectivity index (χ2v) is 7.83. The third kappa shape index (κ3) is 4.08. The summed E-state index contributed by atoms with van der Waals surface area (Å²) < 4.78 is 11.6. The Morgan fingerprint density at radius 3 is 2.84 bits per heavy atom. The molecule has 0 bridgehead atoms. The summed E-state index contributed by atoms with van der Waals surface area (Å²) in [6.45, 7) is 9.03. The van der Waals surface area contributed by atoms with Crippen LogP contribution in [0, 0.1) is 13.8 Å². The van der Waals surface area contributed by atoms with Crippen LogP contribution >= 0.6 is 0 Å². The van der Waals surface area contributed by atoms with Crippen LogP contribution in [-0.4, -0.2) is 24.0 Å². The molecule has 4 aromatic rings. The van der Waals surface area contributed by atoms with Crippen LogP contribution in [0.2, 0.25) is 0 Å². The van der Waals surface area contributed by atoms with Gasteiger partial charge in [-0.25, -0.2) is 0 Å². The first kappa shape index (κ1) is 20.8. The molecule has 1 amide bonds. The van der Waals surface area contributed by atoms with Gasteiger partial charge in [0, 0.05) is 46.2 Å². The number of hydrogen-bond donors (Lipinski definition) is 2. The maximum Gasteiger partial charge on any atom is 0.244 e. The number of allylic oxidation sites excluding steroid dienone is 1. The van der Waals surface area contributed by atoms with Crippen LogP contribution in [-0.2, 0) is 11.2 Å². The molecular formula is C26H28N2O3. The van der Waals surface area contributed by atoms with Crippen molar-refractivity contribution in [3.8, 4) is 5.75 Å². The number of aromatic amines is 1. The number of aromatic nitrogens is 1. The van der Waals surface area contributed by atoms with Gasteiger partial charge in [-0.2, -0.15) is 0 Å². The van der Waals surface area contributed by atoms with E-state index < -0.39 is 0 Å². The van der Waals surface area contributed by atoms with Crippen LogP contribution in [0.4, 0.5) is 0 Å². The van der Waals surface area contributed by atoms with Crippen LogP contribution in [0.25, 0.3) is 27.4 Å².